The Bertz CT molecular complexity index is 2840. The predicted molar refractivity (Wildman–Crippen MR) is 234 cm³/mol. The molecule has 8 bridgehead atoms. The fourth-order valence-corrected chi connectivity index (χ4v) is 7.87. The van der Waals surface area contributed by atoms with Crippen LogP contribution in [0.5, 0.6) is 0 Å². The van der Waals surface area contributed by atoms with E-state index in [1.165, 1.54) is 0 Å². The van der Waals surface area contributed by atoms with Crippen molar-refractivity contribution in [3.05, 3.63) is 162 Å². The van der Waals surface area contributed by atoms with Crippen LogP contribution in [0.3, 0.4) is 0 Å². The van der Waals surface area contributed by atoms with Crippen molar-refractivity contribution in [3.8, 4) is 44.5 Å². The fourth-order valence-electron chi connectivity index (χ4n) is 7.87. The molecule has 0 atom stereocenters. The van der Waals surface area contributed by atoms with Crippen LogP contribution in [0.25, 0.3) is 90.9 Å². The molecule has 276 valence electrons. The van der Waals surface area contributed by atoms with Crippen molar-refractivity contribution < 1.29 is 28.8 Å². The molecule has 3 aliphatic rings. The topological polar surface area (TPSA) is 72.4 Å². The molecule has 6 heterocycles. The first-order valence-electron chi connectivity index (χ1n) is 19.4. The number of fused-ring (bicyclic) bond motifs is 8. The molecule has 7 aromatic rings. The molecule has 0 saturated carbocycles. The molecule has 8 heteroatoms. The molecule has 0 radical (unpaired) electrons. The normalized spacial score (nSPS) is 15.1. The van der Waals surface area contributed by atoms with Gasteiger partial charge < -0.3 is 19.3 Å². The summed E-state index contributed by atoms with van der Waals surface area (Å²) in [6, 6.07) is 48.0. The zero-order chi connectivity index (χ0) is 38.7. The molecular weight excluding hydrogens is 765 g/mol. The second kappa shape index (κ2) is 14.8. The molecule has 10 rings (SSSR count). The number of hydrogen-bond acceptors (Lipinski definition) is 4. The Morgan fingerprint density at radius 1 is 0.397 bits per heavy atom. The number of benzene rings is 4. The Labute approximate surface area is 351 Å². The smallest absolute Gasteiger partial charge is 0.657 e. The average Bonchev–Trinajstić information content (AvgIpc) is 4.08. The Morgan fingerprint density at radius 2 is 0.690 bits per heavy atom. The summed E-state index contributed by atoms with van der Waals surface area (Å²) in [5.74, 6) is 0. The van der Waals surface area contributed by atoms with Gasteiger partial charge >= 0.3 is 26.6 Å². The fraction of sp³-hybridized carbons (Fsp3) is 0.120. The van der Waals surface area contributed by atoms with Gasteiger partial charge in [0.2, 0.25) is 0 Å². The molecule has 0 N–H and O–H groups in total. The molecule has 58 heavy (non-hydrogen) atoms. The second-order valence-corrected chi connectivity index (χ2v) is 15.7. The van der Waals surface area contributed by atoms with Crippen LogP contribution in [0.2, 0.25) is 0 Å². The van der Waals surface area contributed by atoms with Gasteiger partial charge in [-0.3, -0.25) is 0 Å². The minimum Gasteiger partial charge on any atom is -0.657 e. The average molecular weight is 804 g/mol. The van der Waals surface area contributed by atoms with Crippen molar-refractivity contribution in [2.24, 2.45) is 0 Å². The minimum absolute atomic E-state index is 0. The van der Waals surface area contributed by atoms with E-state index >= 15 is 0 Å². The Balaban J connectivity index is 0.00000436. The van der Waals surface area contributed by atoms with E-state index in [1.54, 1.807) is 0 Å². The van der Waals surface area contributed by atoms with Gasteiger partial charge in [-0.05, 0) is 102 Å². The summed E-state index contributed by atoms with van der Waals surface area (Å²) in [6.45, 7) is 8.30. The predicted octanol–water partition coefficient (Wildman–Crippen LogP) is 10.9. The van der Waals surface area contributed by atoms with E-state index in [-0.39, 0.29) is 19.5 Å². The third-order valence-electron chi connectivity index (χ3n) is 11.5. The number of rotatable bonds is 5. The van der Waals surface area contributed by atoms with Crippen LogP contribution >= 0.6 is 0 Å². The van der Waals surface area contributed by atoms with Crippen LogP contribution in [-0.4, -0.2) is 28.3 Å². The summed E-state index contributed by atoms with van der Waals surface area (Å²) >= 11 is 0. The van der Waals surface area contributed by atoms with Crippen LogP contribution in [0, 0.1) is 0 Å². The van der Waals surface area contributed by atoms with E-state index in [1.807, 2.05) is 18.2 Å². The van der Waals surface area contributed by atoms with Gasteiger partial charge in [-0.15, -0.1) is 22.1 Å². The maximum absolute atomic E-state index is 6.41. The summed E-state index contributed by atoms with van der Waals surface area (Å²) in [4.78, 5) is 21.5. The summed E-state index contributed by atoms with van der Waals surface area (Å²) in [5.41, 5.74) is 14.6. The van der Waals surface area contributed by atoms with Gasteiger partial charge in [-0.25, -0.2) is 9.97 Å². The first kappa shape index (κ1) is 37.7. The maximum Gasteiger partial charge on any atom is 2.00 e. The van der Waals surface area contributed by atoms with Gasteiger partial charge in [0.25, 0.3) is 0 Å². The summed E-state index contributed by atoms with van der Waals surface area (Å²) < 4.78 is 12.8. The summed E-state index contributed by atoms with van der Waals surface area (Å²) in [6.07, 6.45) is 8.39. The van der Waals surface area contributed by atoms with E-state index in [4.69, 9.17) is 29.2 Å². The molecule has 6 nitrogen and oxygen atoms in total. The monoisotopic (exact) mass is 802 g/mol. The third kappa shape index (κ3) is 6.61. The van der Waals surface area contributed by atoms with Gasteiger partial charge in [-0.2, -0.15) is 0 Å². The van der Waals surface area contributed by atoms with Crippen molar-refractivity contribution in [2.45, 2.75) is 38.9 Å². The van der Waals surface area contributed by atoms with E-state index in [9.17, 15) is 0 Å². The molecule has 1 fully saturated rings. The molecule has 0 unspecified atom stereocenters. The molecule has 3 aliphatic heterocycles. The second-order valence-electron chi connectivity index (χ2n) is 15.7. The zero-order valence-corrected chi connectivity index (χ0v) is 35.9. The Hall–Kier alpha value is -5.91. The van der Waals surface area contributed by atoms with E-state index in [0.29, 0.717) is 0 Å². The molecule has 1 saturated heterocycles. The van der Waals surface area contributed by atoms with Gasteiger partial charge in [0, 0.05) is 0 Å². The molecule has 3 aromatic heterocycles. The number of nitrogens with zero attached hydrogens (tertiary/aromatic N) is 4. The van der Waals surface area contributed by atoms with Gasteiger partial charge in [0.1, 0.15) is 0 Å². The van der Waals surface area contributed by atoms with Crippen LogP contribution < -0.4 is 15.4 Å². The van der Waals surface area contributed by atoms with E-state index in [2.05, 4.69) is 173 Å². The zero-order valence-electron chi connectivity index (χ0n) is 33.0. The van der Waals surface area contributed by atoms with Crippen LogP contribution in [0.4, 0.5) is 0 Å². The molecule has 4 aromatic carbocycles. The third-order valence-corrected chi connectivity index (χ3v) is 11.5. The Morgan fingerprint density at radius 3 is 1.00 bits per heavy atom. The quantitative estimate of drug-likeness (QED) is 0.161. The molecule has 0 spiro atoms. The Kier molecular flexibility index (Phi) is 9.60. The van der Waals surface area contributed by atoms with Gasteiger partial charge in [0.05, 0.1) is 34.0 Å². The van der Waals surface area contributed by atoms with Crippen molar-refractivity contribution in [3.63, 3.8) is 0 Å². The summed E-state index contributed by atoms with van der Waals surface area (Å²) in [7, 11) is -0.465. The number of aromatic nitrogens is 4. The van der Waals surface area contributed by atoms with Crippen LogP contribution in [0.1, 0.15) is 50.5 Å². The van der Waals surface area contributed by atoms with Crippen molar-refractivity contribution in [2.75, 3.05) is 0 Å². The van der Waals surface area contributed by atoms with Crippen molar-refractivity contribution in [1.29, 1.82) is 0 Å². The standard InChI is InChI=1S/C50H39BN4O2.Zn/c1-49(2)50(3,4)57-51(56-49)36-22-20-35(21-23-36)48-43-30-28-41(54-43)46(33-16-10-6-11-17-33)39-26-24-37(52-39)45(32-14-8-5-9-15-32)38-25-27-40(53-38)47(34-18-12-7-13-19-34)42-29-31-44(48)55-42;/h5-31H,1-4H3;/q-2;+2. The van der Waals surface area contributed by atoms with E-state index < -0.39 is 18.3 Å². The molecule has 0 amide bonds. The summed E-state index contributed by atoms with van der Waals surface area (Å²) in [5, 5.41) is 0. The minimum atomic E-state index is -0.465. The maximum atomic E-state index is 6.41. The molecular formula is C50H39BN4O2Zn. The number of hydrogen-bond donors (Lipinski definition) is 0. The van der Waals surface area contributed by atoms with Crippen LogP contribution in [-0.2, 0) is 28.8 Å². The van der Waals surface area contributed by atoms with Crippen molar-refractivity contribution >= 4 is 59.0 Å². The first-order valence-corrected chi connectivity index (χ1v) is 19.4. The SMILES string of the molecule is CC1(C)OB(c2ccc(-c3c4nc(c(-c5ccccc5)c5ccc([n-]5)c(-c5ccccc5)c5nc(c(-c6ccccc6)c6ccc3[n-]6)C=C5)C=C4)cc2)OC1(C)C.[Zn+2]. The van der Waals surface area contributed by atoms with Gasteiger partial charge in [-0.1, -0.05) is 140 Å². The van der Waals surface area contributed by atoms with E-state index in [0.717, 1.165) is 94.8 Å². The largest absolute Gasteiger partial charge is 2.00 e. The van der Waals surface area contributed by atoms with Gasteiger partial charge in [0.15, 0.2) is 0 Å². The first-order chi connectivity index (χ1) is 27.7. The van der Waals surface area contributed by atoms with Crippen molar-refractivity contribution in [1.82, 2.24) is 19.9 Å². The molecule has 0 aliphatic carbocycles. The van der Waals surface area contributed by atoms with Crippen LogP contribution in [0.15, 0.2) is 140 Å².